The first-order chi connectivity index (χ1) is 13.0. The minimum Gasteiger partial charge on any atom is -0.497 e. The molecule has 2 aromatic carbocycles. The monoisotopic (exact) mass is 365 g/mol. The van der Waals surface area contributed by atoms with E-state index in [-0.39, 0.29) is 17.9 Å². The quantitative estimate of drug-likeness (QED) is 0.709. The predicted octanol–water partition coefficient (Wildman–Crippen LogP) is 4.18. The van der Waals surface area contributed by atoms with Crippen molar-refractivity contribution in [3.63, 3.8) is 0 Å². The van der Waals surface area contributed by atoms with Crippen LogP contribution in [0.1, 0.15) is 41.7 Å². The number of amides is 1. The van der Waals surface area contributed by atoms with E-state index in [0.29, 0.717) is 23.0 Å². The summed E-state index contributed by atoms with van der Waals surface area (Å²) in [5, 5.41) is 7.05. The third-order valence-electron chi connectivity index (χ3n) is 4.32. The molecule has 1 N–H and O–H groups in total. The second-order valence-electron chi connectivity index (χ2n) is 6.75. The van der Waals surface area contributed by atoms with Crippen LogP contribution in [0.2, 0.25) is 0 Å². The van der Waals surface area contributed by atoms with E-state index in [1.165, 1.54) is 0 Å². The van der Waals surface area contributed by atoms with Gasteiger partial charge in [-0.15, -0.1) is 0 Å². The summed E-state index contributed by atoms with van der Waals surface area (Å²) in [4.78, 5) is 17.1. The highest BCUT2D eigenvalue weighted by Gasteiger charge is 2.25. The number of aryl methyl sites for hydroxylation is 1. The minimum atomic E-state index is -0.383. The number of carbonyl (C=O) groups excluding carboxylic acids is 1. The summed E-state index contributed by atoms with van der Waals surface area (Å²) in [5.74, 6) is 1.48. The highest BCUT2D eigenvalue weighted by atomic mass is 16.5. The van der Waals surface area contributed by atoms with Gasteiger partial charge in [0.05, 0.1) is 7.11 Å². The molecule has 0 aliphatic rings. The van der Waals surface area contributed by atoms with Gasteiger partial charge in [-0.05, 0) is 37.1 Å². The maximum Gasteiger partial charge on any atom is 0.251 e. The molecule has 0 bridgehead atoms. The zero-order valence-corrected chi connectivity index (χ0v) is 15.9. The highest BCUT2D eigenvalue weighted by molar-refractivity contribution is 5.94. The Morgan fingerprint density at radius 3 is 2.33 bits per heavy atom. The van der Waals surface area contributed by atoms with Crippen LogP contribution in [0.15, 0.2) is 53.1 Å². The zero-order chi connectivity index (χ0) is 19.4. The van der Waals surface area contributed by atoms with Crippen molar-refractivity contribution in [3.05, 3.63) is 65.5 Å². The van der Waals surface area contributed by atoms with Crippen molar-refractivity contribution < 1.29 is 14.1 Å². The molecule has 0 saturated carbocycles. The van der Waals surface area contributed by atoms with Gasteiger partial charge in [-0.2, -0.15) is 4.98 Å². The molecule has 1 heterocycles. The molecule has 3 rings (SSSR count). The van der Waals surface area contributed by atoms with Crippen LogP contribution in [-0.2, 0) is 0 Å². The molecule has 1 aromatic heterocycles. The summed E-state index contributed by atoms with van der Waals surface area (Å²) in [6.45, 7) is 6.01. The van der Waals surface area contributed by atoms with E-state index in [9.17, 15) is 4.79 Å². The Balaban J connectivity index is 1.79. The van der Waals surface area contributed by atoms with E-state index in [4.69, 9.17) is 9.26 Å². The fraction of sp³-hybridized carbons (Fsp3) is 0.286. The van der Waals surface area contributed by atoms with Crippen LogP contribution in [0.25, 0.3) is 11.4 Å². The zero-order valence-electron chi connectivity index (χ0n) is 15.9. The molecule has 27 heavy (non-hydrogen) atoms. The number of ether oxygens (including phenoxy) is 1. The molecule has 1 unspecified atom stereocenters. The van der Waals surface area contributed by atoms with Crippen LogP contribution >= 0.6 is 0 Å². The van der Waals surface area contributed by atoms with Crippen molar-refractivity contribution in [3.8, 4) is 17.1 Å². The lowest BCUT2D eigenvalue weighted by Crippen LogP contribution is -2.32. The van der Waals surface area contributed by atoms with E-state index >= 15 is 0 Å². The first-order valence-electron chi connectivity index (χ1n) is 8.83. The Bertz CT molecular complexity index is 899. The second-order valence-corrected chi connectivity index (χ2v) is 6.75. The molecule has 0 spiro atoms. The van der Waals surface area contributed by atoms with Gasteiger partial charge in [0.2, 0.25) is 11.7 Å². The Hall–Kier alpha value is -3.15. The minimum absolute atomic E-state index is 0.0820. The van der Waals surface area contributed by atoms with Crippen LogP contribution in [0.5, 0.6) is 5.75 Å². The van der Waals surface area contributed by atoms with Crippen LogP contribution in [0, 0.1) is 12.8 Å². The molecular formula is C21H23N3O3. The molecule has 0 aliphatic heterocycles. The third-order valence-corrected chi connectivity index (χ3v) is 4.32. The van der Waals surface area contributed by atoms with Crippen molar-refractivity contribution >= 4 is 5.91 Å². The maximum atomic E-state index is 12.6. The molecule has 0 fully saturated rings. The summed E-state index contributed by atoms with van der Waals surface area (Å²) in [7, 11) is 1.59. The smallest absolute Gasteiger partial charge is 0.251 e. The molecule has 3 aromatic rings. The highest BCUT2D eigenvalue weighted by Crippen LogP contribution is 2.24. The molecule has 140 valence electrons. The lowest BCUT2D eigenvalue weighted by atomic mass is 10.0. The average molecular weight is 365 g/mol. The van der Waals surface area contributed by atoms with E-state index in [0.717, 1.165) is 11.1 Å². The number of carbonyl (C=O) groups is 1. The van der Waals surface area contributed by atoms with Crippen LogP contribution in [-0.4, -0.2) is 23.2 Å². The summed E-state index contributed by atoms with van der Waals surface area (Å²) >= 11 is 0. The maximum absolute atomic E-state index is 12.6. The van der Waals surface area contributed by atoms with E-state index in [2.05, 4.69) is 15.5 Å². The van der Waals surface area contributed by atoms with Crippen molar-refractivity contribution in [1.82, 2.24) is 15.5 Å². The van der Waals surface area contributed by atoms with Gasteiger partial charge in [-0.1, -0.05) is 48.8 Å². The Morgan fingerprint density at radius 2 is 1.74 bits per heavy atom. The van der Waals surface area contributed by atoms with Crippen LogP contribution in [0.4, 0.5) is 0 Å². The lowest BCUT2D eigenvalue weighted by molar-refractivity contribution is 0.0914. The number of methoxy groups -OCH3 is 1. The van der Waals surface area contributed by atoms with Gasteiger partial charge in [0.1, 0.15) is 11.8 Å². The number of nitrogens with one attached hydrogen (secondary N) is 1. The Labute approximate surface area is 158 Å². The fourth-order valence-corrected chi connectivity index (χ4v) is 2.66. The van der Waals surface area contributed by atoms with E-state index in [1.54, 1.807) is 31.4 Å². The molecule has 1 atom stereocenters. The van der Waals surface area contributed by atoms with Crippen LogP contribution < -0.4 is 10.1 Å². The number of benzene rings is 2. The van der Waals surface area contributed by atoms with Gasteiger partial charge in [-0.3, -0.25) is 4.79 Å². The average Bonchev–Trinajstić information content (AvgIpc) is 3.16. The Kier molecular flexibility index (Phi) is 5.54. The van der Waals surface area contributed by atoms with E-state index in [1.807, 2.05) is 45.0 Å². The van der Waals surface area contributed by atoms with Gasteiger partial charge < -0.3 is 14.6 Å². The molecule has 6 heteroatoms. The first kappa shape index (κ1) is 18.6. The molecular weight excluding hydrogens is 342 g/mol. The topological polar surface area (TPSA) is 77.2 Å². The molecule has 0 radical (unpaired) electrons. The fourth-order valence-electron chi connectivity index (χ4n) is 2.66. The lowest BCUT2D eigenvalue weighted by Gasteiger charge is -2.18. The SMILES string of the molecule is COc1ccc(C(=O)NC(c2nc(-c3ccc(C)cc3)no2)C(C)C)cc1. The number of hydrogen-bond acceptors (Lipinski definition) is 5. The first-order valence-corrected chi connectivity index (χ1v) is 8.83. The number of hydrogen-bond donors (Lipinski definition) is 1. The van der Waals surface area contributed by atoms with Gasteiger partial charge in [0.15, 0.2) is 0 Å². The standard InChI is InChI=1S/C21H23N3O3/c1-13(2)18(22-20(25)16-9-11-17(26-4)12-10-16)21-23-19(24-27-21)15-7-5-14(3)6-8-15/h5-13,18H,1-4H3,(H,22,25). The predicted molar refractivity (Wildman–Crippen MR) is 103 cm³/mol. The van der Waals surface area contributed by atoms with Crippen molar-refractivity contribution in [1.29, 1.82) is 0 Å². The number of nitrogens with zero attached hydrogens (tertiary/aromatic N) is 2. The summed E-state index contributed by atoms with van der Waals surface area (Å²) in [6.07, 6.45) is 0. The van der Waals surface area contributed by atoms with Gasteiger partial charge in [0.25, 0.3) is 5.91 Å². The molecule has 1 amide bonds. The van der Waals surface area contributed by atoms with Gasteiger partial charge in [0, 0.05) is 11.1 Å². The second kappa shape index (κ2) is 8.03. The van der Waals surface area contributed by atoms with E-state index < -0.39 is 0 Å². The van der Waals surface area contributed by atoms with Crippen molar-refractivity contribution in [2.24, 2.45) is 5.92 Å². The van der Waals surface area contributed by atoms with Gasteiger partial charge in [-0.25, -0.2) is 0 Å². The summed E-state index contributed by atoms with van der Waals surface area (Å²) in [5.41, 5.74) is 2.58. The number of aromatic nitrogens is 2. The molecule has 0 aliphatic carbocycles. The number of rotatable bonds is 6. The van der Waals surface area contributed by atoms with Gasteiger partial charge >= 0.3 is 0 Å². The summed E-state index contributed by atoms with van der Waals surface area (Å²) < 4.78 is 10.6. The molecule has 0 saturated heterocycles. The largest absolute Gasteiger partial charge is 0.497 e. The Morgan fingerprint density at radius 1 is 1.07 bits per heavy atom. The van der Waals surface area contributed by atoms with Crippen LogP contribution in [0.3, 0.4) is 0 Å². The normalized spacial score (nSPS) is 12.0. The van der Waals surface area contributed by atoms with Crippen molar-refractivity contribution in [2.75, 3.05) is 7.11 Å². The summed E-state index contributed by atoms with van der Waals surface area (Å²) in [6, 6.07) is 14.4. The third kappa shape index (κ3) is 4.34. The van der Waals surface area contributed by atoms with Crippen molar-refractivity contribution in [2.45, 2.75) is 26.8 Å². The molecule has 6 nitrogen and oxygen atoms in total.